The van der Waals surface area contributed by atoms with E-state index in [4.69, 9.17) is 17.0 Å². The highest BCUT2D eigenvalue weighted by Gasteiger charge is 2.32. The Kier molecular flexibility index (Phi) is 5.96. The molecule has 0 bridgehead atoms. The van der Waals surface area contributed by atoms with Crippen molar-refractivity contribution >= 4 is 46.0 Å². The standard InChI is InChI=1S/C19H16N2O5S2/c1-26-15-10-13(9-14(17(15)22)21(24)25)11-16-18(23)20(19(27)28-16)8-7-12-5-3-2-4-6-12/h2-6,9-11,22H,7-8H2,1H3/b16-11+. The van der Waals surface area contributed by atoms with Gasteiger partial charge in [-0.1, -0.05) is 54.3 Å². The van der Waals surface area contributed by atoms with Crippen LogP contribution >= 0.6 is 24.0 Å². The Morgan fingerprint density at radius 3 is 2.68 bits per heavy atom. The zero-order chi connectivity index (χ0) is 20.3. The second kappa shape index (κ2) is 8.41. The molecule has 3 rings (SSSR count). The molecule has 0 radical (unpaired) electrons. The molecule has 0 spiro atoms. The highest BCUT2D eigenvalue weighted by molar-refractivity contribution is 8.26. The Balaban J connectivity index is 1.83. The number of amides is 1. The van der Waals surface area contributed by atoms with Crippen molar-refractivity contribution in [2.24, 2.45) is 0 Å². The molecule has 0 unspecified atom stereocenters. The number of carbonyl (C=O) groups excluding carboxylic acids is 1. The van der Waals surface area contributed by atoms with Crippen molar-refractivity contribution in [2.75, 3.05) is 13.7 Å². The summed E-state index contributed by atoms with van der Waals surface area (Å²) >= 11 is 6.46. The third-order valence-electron chi connectivity index (χ3n) is 4.13. The topological polar surface area (TPSA) is 92.9 Å². The van der Waals surface area contributed by atoms with Crippen LogP contribution < -0.4 is 4.74 Å². The number of thiocarbonyl (C=S) groups is 1. The van der Waals surface area contributed by atoms with Crippen LogP contribution in [0.4, 0.5) is 5.69 Å². The zero-order valence-corrected chi connectivity index (χ0v) is 16.5. The van der Waals surface area contributed by atoms with Crippen LogP contribution in [0.25, 0.3) is 6.08 Å². The number of methoxy groups -OCH3 is 1. The summed E-state index contributed by atoms with van der Waals surface area (Å²) in [7, 11) is 1.30. The number of phenolic OH excluding ortho intramolecular Hbond substituents is 1. The van der Waals surface area contributed by atoms with E-state index in [2.05, 4.69) is 0 Å². The Labute approximate surface area is 170 Å². The fourth-order valence-electron chi connectivity index (χ4n) is 2.72. The van der Waals surface area contributed by atoms with Gasteiger partial charge in [0.15, 0.2) is 5.75 Å². The number of benzene rings is 2. The number of phenols is 1. The number of hydrogen-bond donors (Lipinski definition) is 1. The van der Waals surface area contributed by atoms with E-state index in [1.165, 1.54) is 30.2 Å². The van der Waals surface area contributed by atoms with E-state index in [0.717, 1.165) is 17.3 Å². The number of nitro groups is 1. The summed E-state index contributed by atoms with van der Waals surface area (Å²) in [6.07, 6.45) is 2.18. The summed E-state index contributed by atoms with van der Waals surface area (Å²) in [5.74, 6) is -0.847. The second-order valence-corrected chi connectivity index (χ2v) is 7.59. The molecule has 1 heterocycles. The van der Waals surface area contributed by atoms with Crippen LogP contribution in [0.1, 0.15) is 11.1 Å². The third kappa shape index (κ3) is 4.15. The molecule has 1 aliphatic heterocycles. The Morgan fingerprint density at radius 2 is 2.04 bits per heavy atom. The van der Waals surface area contributed by atoms with Gasteiger partial charge in [-0.2, -0.15) is 0 Å². The zero-order valence-electron chi connectivity index (χ0n) is 14.8. The average molecular weight is 416 g/mol. The molecule has 1 fully saturated rings. The molecule has 0 aromatic heterocycles. The first kappa shape index (κ1) is 19.8. The second-order valence-electron chi connectivity index (χ2n) is 5.92. The van der Waals surface area contributed by atoms with Gasteiger partial charge in [0.2, 0.25) is 5.75 Å². The van der Waals surface area contributed by atoms with Gasteiger partial charge in [-0.3, -0.25) is 19.8 Å². The van der Waals surface area contributed by atoms with E-state index in [0.29, 0.717) is 27.8 Å². The van der Waals surface area contributed by atoms with Gasteiger partial charge in [-0.05, 0) is 29.7 Å². The van der Waals surface area contributed by atoms with Crippen LogP contribution in [0.3, 0.4) is 0 Å². The molecule has 0 aliphatic carbocycles. The molecule has 0 saturated carbocycles. The predicted molar refractivity (Wildman–Crippen MR) is 111 cm³/mol. The summed E-state index contributed by atoms with van der Waals surface area (Å²) < 4.78 is 5.42. The minimum Gasteiger partial charge on any atom is -0.500 e. The SMILES string of the molecule is COc1cc(/C=C2/SC(=S)N(CCc3ccccc3)C2=O)cc([N+](=O)[O-])c1O. The van der Waals surface area contributed by atoms with E-state index < -0.39 is 16.4 Å². The van der Waals surface area contributed by atoms with Crippen LogP contribution in [0.15, 0.2) is 47.4 Å². The van der Waals surface area contributed by atoms with E-state index >= 15 is 0 Å². The minimum atomic E-state index is -0.708. The molecule has 2 aromatic rings. The van der Waals surface area contributed by atoms with E-state index in [9.17, 15) is 20.0 Å². The molecule has 0 atom stereocenters. The molecule has 7 nitrogen and oxygen atoms in total. The highest BCUT2D eigenvalue weighted by atomic mass is 32.2. The monoisotopic (exact) mass is 416 g/mol. The van der Waals surface area contributed by atoms with Crippen molar-refractivity contribution in [3.8, 4) is 11.5 Å². The minimum absolute atomic E-state index is 0.0417. The first-order valence-electron chi connectivity index (χ1n) is 8.25. The van der Waals surface area contributed by atoms with Gasteiger partial charge >= 0.3 is 5.69 Å². The van der Waals surface area contributed by atoms with Crippen molar-refractivity contribution in [3.63, 3.8) is 0 Å². The molecule has 1 amide bonds. The highest BCUT2D eigenvalue weighted by Crippen LogP contribution is 2.39. The first-order chi connectivity index (χ1) is 13.4. The van der Waals surface area contributed by atoms with Gasteiger partial charge < -0.3 is 9.84 Å². The molecule has 1 N–H and O–H groups in total. The summed E-state index contributed by atoms with van der Waals surface area (Å²) in [6, 6.07) is 12.4. The van der Waals surface area contributed by atoms with Gasteiger partial charge in [-0.15, -0.1) is 0 Å². The van der Waals surface area contributed by atoms with Crippen molar-refractivity contribution < 1.29 is 19.6 Å². The summed E-state index contributed by atoms with van der Waals surface area (Å²) in [4.78, 5) is 25.0. The van der Waals surface area contributed by atoms with Crippen molar-refractivity contribution in [3.05, 3.63) is 68.6 Å². The molecule has 1 saturated heterocycles. The van der Waals surface area contributed by atoms with Crippen LogP contribution in [0.2, 0.25) is 0 Å². The quantitative estimate of drug-likeness (QED) is 0.332. The largest absolute Gasteiger partial charge is 0.500 e. The number of ether oxygens (including phenoxy) is 1. The maximum Gasteiger partial charge on any atom is 0.315 e. The van der Waals surface area contributed by atoms with Crippen LogP contribution in [0.5, 0.6) is 11.5 Å². The fourth-order valence-corrected chi connectivity index (χ4v) is 4.03. The Hall–Kier alpha value is -2.91. The van der Waals surface area contributed by atoms with Gasteiger partial charge in [-0.25, -0.2) is 0 Å². The number of hydrogen-bond acceptors (Lipinski definition) is 7. The third-order valence-corrected chi connectivity index (χ3v) is 5.51. The summed E-state index contributed by atoms with van der Waals surface area (Å²) in [5.41, 5.74) is 0.967. The molecule has 28 heavy (non-hydrogen) atoms. The van der Waals surface area contributed by atoms with Crippen molar-refractivity contribution in [1.29, 1.82) is 0 Å². The van der Waals surface area contributed by atoms with Crippen LogP contribution in [0, 0.1) is 10.1 Å². The molecule has 9 heteroatoms. The molecule has 2 aromatic carbocycles. The lowest BCUT2D eigenvalue weighted by Crippen LogP contribution is -2.30. The smallest absolute Gasteiger partial charge is 0.315 e. The maximum absolute atomic E-state index is 12.7. The maximum atomic E-state index is 12.7. The number of carbonyl (C=O) groups is 1. The van der Waals surface area contributed by atoms with Gasteiger partial charge in [0, 0.05) is 12.6 Å². The number of nitro benzene ring substituents is 1. The van der Waals surface area contributed by atoms with E-state index in [1.807, 2.05) is 30.3 Å². The number of nitrogens with zero attached hydrogens (tertiary/aromatic N) is 2. The molecule has 1 aliphatic rings. The number of thioether (sulfide) groups is 1. The lowest BCUT2D eigenvalue weighted by molar-refractivity contribution is -0.386. The van der Waals surface area contributed by atoms with E-state index in [1.54, 1.807) is 0 Å². The molecular weight excluding hydrogens is 400 g/mol. The molecular formula is C19H16N2O5S2. The van der Waals surface area contributed by atoms with Gasteiger partial charge in [0.1, 0.15) is 4.32 Å². The predicted octanol–water partition coefficient (Wildman–Crippen LogP) is 3.75. The van der Waals surface area contributed by atoms with Gasteiger partial charge in [0.25, 0.3) is 5.91 Å². The summed E-state index contributed by atoms with van der Waals surface area (Å²) in [5, 5.41) is 21.0. The number of rotatable bonds is 6. The van der Waals surface area contributed by atoms with Crippen molar-refractivity contribution in [2.45, 2.75) is 6.42 Å². The van der Waals surface area contributed by atoms with E-state index in [-0.39, 0.29) is 11.7 Å². The van der Waals surface area contributed by atoms with Gasteiger partial charge in [0.05, 0.1) is 16.9 Å². The molecule has 144 valence electrons. The fraction of sp³-hybridized carbons (Fsp3) is 0.158. The first-order valence-corrected chi connectivity index (χ1v) is 9.48. The van der Waals surface area contributed by atoms with Crippen molar-refractivity contribution in [1.82, 2.24) is 4.90 Å². The lowest BCUT2D eigenvalue weighted by atomic mass is 10.1. The van der Waals surface area contributed by atoms with Crippen LogP contribution in [-0.2, 0) is 11.2 Å². The number of aromatic hydroxyl groups is 1. The Morgan fingerprint density at radius 1 is 1.32 bits per heavy atom. The summed E-state index contributed by atoms with van der Waals surface area (Å²) in [6.45, 7) is 0.449. The average Bonchev–Trinajstić information content (AvgIpc) is 2.94. The van der Waals surface area contributed by atoms with Crippen LogP contribution in [-0.4, -0.2) is 38.8 Å². The Bertz CT molecular complexity index is 976. The normalized spacial score (nSPS) is 15.3. The lowest BCUT2D eigenvalue weighted by Gasteiger charge is -2.14.